The zero-order valence-corrected chi connectivity index (χ0v) is 8.22. The smallest absolute Gasteiger partial charge is 0.00702 e. The minimum atomic E-state index is 0.743. The Morgan fingerprint density at radius 1 is 1.45 bits per heavy atom. The van der Waals surface area contributed by atoms with E-state index in [2.05, 4.69) is 33.0 Å². The summed E-state index contributed by atoms with van der Waals surface area (Å²) in [6.07, 6.45) is 1.33. The van der Waals surface area contributed by atoms with Gasteiger partial charge in [-0.3, -0.25) is 0 Å². The molecular formula is C10H21N. The quantitative estimate of drug-likeness (QED) is 0.645. The summed E-state index contributed by atoms with van der Waals surface area (Å²) in [5.74, 6) is 2.67. The van der Waals surface area contributed by atoms with Crippen LogP contribution in [0.1, 0.15) is 34.1 Å². The molecule has 1 heterocycles. The molecule has 1 fully saturated rings. The van der Waals surface area contributed by atoms with Gasteiger partial charge in [-0.15, -0.1) is 0 Å². The van der Waals surface area contributed by atoms with E-state index >= 15 is 0 Å². The summed E-state index contributed by atoms with van der Waals surface area (Å²) in [7, 11) is 0. The Balaban J connectivity index is 2.54. The molecule has 11 heavy (non-hydrogen) atoms. The molecule has 0 aromatic heterocycles. The third kappa shape index (κ3) is 1.76. The molecule has 1 N–H and O–H groups in total. The molecule has 0 unspecified atom stereocenters. The van der Waals surface area contributed by atoms with Gasteiger partial charge in [0.05, 0.1) is 0 Å². The van der Waals surface area contributed by atoms with Crippen molar-refractivity contribution in [2.75, 3.05) is 6.54 Å². The van der Waals surface area contributed by atoms with Crippen molar-refractivity contribution in [3.05, 3.63) is 0 Å². The Kier molecular flexibility index (Phi) is 2.94. The molecule has 1 aliphatic rings. The second-order valence-electron chi connectivity index (χ2n) is 4.18. The summed E-state index contributed by atoms with van der Waals surface area (Å²) in [5, 5.41) is 3.55. The molecule has 0 radical (unpaired) electrons. The van der Waals surface area contributed by atoms with Crippen molar-refractivity contribution in [1.29, 1.82) is 0 Å². The highest BCUT2D eigenvalue weighted by molar-refractivity contribution is 4.88. The lowest BCUT2D eigenvalue weighted by Gasteiger charge is -2.22. The maximum absolute atomic E-state index is 3.55. The predicted octanol–water partition coefficient (Wildman–Crippen LogP) is 2.28. The van der Waals surface area contributed by atoms with Crippen LogP contribution in [0.25, 0.3) is 0 Å². The average Bonchev–Trinajstić information content (AvgIpc) is 2.30. The SMILES string of the molecule is CC[C@@H]1[C@H](C)NC[C@@H]1C(C)C. The van der Waals surface area contributed by atoms with Crippen LogP contribution in [0.3, 0.4) is 0 Å². The van der Waals surface area contributed by atoms with Gasteiger partial charge < -0.3 is 5.32 Å². The third-order valence-electron chi connectivity index (χ3n) is 3.20. The van der Waals surface area contributed by atoms with E-state index in [1.165, 1.54) is 13.0 Å². The molecule has 0 aromatic rings. The topological polar surface area (TPSA) is 12.0 Å². The molecule has 0 aliphatic carbocycles. The molecular weight excluding hydrogens is 134 g/mol. The first-order chi connectivity index (χ1) is 5.16. The fourth-order valence-corrected chi connectivity index (χ4v) is 2.38. The lowest BCUT2D eigenvalue weighted by Crippen LogP contribution is -2.23. The van der Waals surface area contributed by atoms with E-state index in [0.29, 0.717) is 0 Å². The van der Waals surface area contributed by atoms with Gasteiger partial charge in [0, 0.05) is 6.04 Å². The number of hydrogen-bond donors (Lipinski definition) is 1. The Morgan fingerprint density at radius 3 is 2.45 bits per heavy atom. The second-order valence-corrected chi connectivity index (χ2v) is 4.18. The summed E-state index contributed by atoms with van der Waals surface area (Å²) in [5.41, 5.74) is 0. The van der Waals surface area contributed by atoms with Crippen LogP contribution in [0, 0.1) is 17.8 Å². The summed E-state index contributed by atoms with van der Waals surface area (Å²) in [6, 6.07) is 0.743. The van der Waals surface area contributed by atoms with E-state index in [4.69, 9.17) is 0 Å². The van der Waals surface area contributed by atoms with E-state index in [-0.39, 0.29) is 0 Å². The van der Waals surface area contributed by atoms with E-state index in [0.717, 1.165) is 23.8 Å². The van der Waals surface area contributed by atoms with Gasteiger partial charge in [-0.25, -0.2) is 0 Å². The van der Waals surface area contributed by atoms with Gasteiger partial charge in [0.15, 0.2) is 0 Å². The molecule has 66 valence electrons. The first kappa shape index (κ1) is 9.05. The molecule has 1 saturated heterocycles. The third-order valence-corrected chi connectivity index (χ3v) is 3.20. The minimum absolute atomic E-state index is 0.743. The molecule has 0 saturated carbocycles. The van der Waals surface area contributed by atoms with Crippen LogP contribution in [0.2, 0.25) is 0 Å². The Bertz CT molecular complexity index is 120. The molecule has 0 spiro atoms. The van der Waals surface area contributed by atoms with Crippen LogP contribution in [0.4, 0.5) is 0 Å². The van der Waals surface area contributed by atoms with E-state index in [9.17, 15) is 0 Å². The first-order valence-electron chi connectivity index (χ1n) is 4.90. The number of nitrogens with one attached hydrogen (secondary N) is 1. The van der Waals surface area contributed by atoms with E-state index in [1.807, 2.05) is 0 Å². The predicted molar refractivity (Wildman–Crippen MR) is 49.6 cm³/mol. The monoisotopic (exact) mass is 155 g/mol. The first-order valence-corrected chi connectivity index (χ1v) is 4.90. The van der Waals surface area contributed by atoms with Gasteiger partial charge in [0.25, 0.3) is 0 Å². The number of hydrogen-bond acceptors (Lipinski definition) is 1. The fraction of sp³-hybridized carbons (Fsp3) is 1.00. The summed E-state index contributed by atoms with van der Waals surface area (Å²) in [4.78, 5) is 0. The van der Waals surface area contributed by atoms with E-state index in [1.54, 1.807) is 0 Å². The van der Waals surface area contributed by atoms with Gasteiger partial charge in [-0.05, 0) is 31.2 Å². The van der Waals surface area contributed by atoms with Crippen molar-refractivity contribution in [1.82, 2.24) is 5.32 Å². The molecule has 1 heteroatoms. The average molecular weight is 155 g/mol. The van der Waals surface area contributed by atoms with Crippen LogP contribution in [0.5, 0.6) is 0 Å². The highest BCUT2D eigenvalue weighted by atomic mass is 15.0. The van der Waals surface area contributed by atoms with Gasteiger partial charge >= 0.3 is 0 Å². The van der Waals surface area contributed by atoms with Crippen LogP contribution in [-0.2, 0) is 0 Å². The van der Waals surface area contributed by atoms with Crippen molar-refractivity contribution >= 4 is 0 Å². The van der Waals surface area contributed by atoms with Crippen molar-refractivity contribution in [3.63, 3.8) is 0 Å². The lowest BCUT2D eigenvalue weighted by atomic mass is 9.82. The highest BCUT2D eigenvalue weighted by Crippen LogP contribution is 2.30. The molecule has 0 amide bonds. The summed E-state index contributed by atoms with van der Waals surface area (Å²) < 4.78 is 0. The Labute approximate surface area is 70.6 Å². The summed E-state index contributed by atoms with van der Waals surface area (Å²) in [6.45, 7) is 10.5. The molecule has 0 bridgehead atoms. The Morgan fingerprint density at radius 2 is 2.09 bits per heavy atom. The van der Waals surface area contributed by atoms with Gasteiger partial charge in [0.2, 0.25) is 0 Å². The van der Waals surface area contributed by atoms with Gasteiger partial charge in [-0.2, -0.15) is 0 Å². The zero-order valence-electron chi connectivity index (χ0n) is 8.22. The fourth-order valence-electron chi connectivity index (χ4n) is 2.38. The van der Waals surface area contributed by atoms with Crippen LogP contribution < -0.4 is 5.32 Å². The Hall–Kier alpha value is -0.0400. The lowest BCUT2D eigenvalue weighted by molar-refractivity contribution is 0.289. The standard InChI is InChI=1S/C10H21N/c1-5-9-8(4)11-6-10(9)7(2)3/h7-11H,5-6H2,1-4H3/t8-,9+,10+/m0/s1. The molecule has 3 atom stereocenters. The zero-order chi connectivity index (χ0) is 8.43. The summed E-state index contributed by atoms with van der Waals surface area (Å²) >= 11 is 0. The molecule has 1 rings (SSSR count). The van der Waals surface area contributed by atoms with Crippen molar-refractivity contribution < 1.29 is 0 Å². The minimum Gasteiger partial charge on any atom is -0.314 e. The maximum atomic E-state index is 3.55. The van der Waals surface area contributed by atoms with Crippen LogP contribution in [-0.4, -0.2) is 12.6 Å². The normalized spacial score (nSPS) is 38.5. The van der Waals surface area contributed by atoms with Crippen molar-refractivity contribution in [2.24, 2.45) is 17.8 Å². The van der Waals surface area contributed by atoms with E-state index < -0.39 is 0 Å². The van der Waals surface area contributed by atoms with Gasteiger partial charge in [-0.1, -0.05) is 27.2 Å². The highest BCUT2D eigenvalue weighted by Gasteiger charge is 2.32. The molecule has 0 aromatic carbocycles. The van der Waals surface area contributed by atoms with Crippen LogP contribution in [0.15, 0.2) is 0 Å². The number of rotatable bonds is 2. The second kappa shape index (κ2) is 3.57. The van der Waals surface area contributed by atoms with Gasteiger partial charge in [0.1, 0.15) is 0 Å². The largest absolute Gasteiger partial charge is 0.314 e. The maximum Gasteiger partial charge on any atom is 0.00702 e. The molecule has 1 nitrogen and oxygen atoms in total. The van der Waals surface area contributed by atoms with Crippen LogP contribution >= 0.6 is 0 Å². The van der Waals surface area contributed by atoms with Crippen molar-refractivity contribution in [2.45, 2.75) is 40.2 Å². The molecule has 1 aliphatic heterocycles. The van der Waals surface area contributed by atoms with Crippen molar-refractivity contribution in [3.8, 4) is 0 Å².